The summed E-state index contributed by atoms with van der Waals surface area (Å²) in [6, 6.07) is 5.79. The van der Waals surface area contributed by atoms with Crippen molar-refractivity contribution in [3.63, 3.8) is 0 Å². The maximum atomic E-state index is 9.48. The van der Waals surface area contributed by atoms with E-state index in [9.17, 15) is 5.11 Å². The molecule has 0 bridgehead atoms. The van der Waals surface area contributed by atoms with Crippen LogP contribution in [0.25, 0.3) is 0 Å². The predicted molar refractivity (Wildman–Crippen MR) is 65.7 cm³/mol. The van der Waals surface area contributed by atoms with E-state index in [0.29, 0.717) is 11.5 Å². The Morgan fingerprint density at radius 2 is 1.94 bits per heavy atom. The Morgan fingerprint density at radius 3 is 2.53 bits per heavy atom. The van der Waals surface area contributed by atoms with Crippen molar-refractivity contribution in [3.05, 3.63) is 23.8 Å². The van der Waals surface area contributed by atoms with E-state index in [4.69, 9.17) is 14.2 Å². The molecular weight excluding hydrogens is 220 g/mol. The molecule has 1 rings (SSSR count). The minimum absolute atomic E-state index is 0.190. The van der Waals surface area contributed by atoms with Crippen molar-refractivity contribution >= 4 is 0 Å². The Hall–Kier alpha value is -1.26. The van der Waals surface area contributed by atoms with Crippen LogP contribution in [0.2, 0.25) is 0 Å². The first-order valence-corrected chi connectivity index (χ1v) is 5.68. The summed E-state index contributed by atoms with van der Waals surface area (Å²) < 4.78 is 15.6. The fourth-order valence-electron chi connectivity index (χ4n) is 1.48. The molecule has 0 heterocycles. The van der Waals surface area contributed by atoms with Crippen molar-refractivity contribution in [1.29, 1.82) is 0 Å². The van der Waals surface area contributed by atoms with Crippen LogP contribution in [0.1, 0.15) is 12.5 Å². The van der Waals surface area contributed by atoms with Gasteiger partial charge in [0.1, 0.15) is 12.7 Å². The molecule has 4 heteroatoms. The molecule has 0 radical (unpaired) electrons. The van der Waals surface area contributed by atoms with Crippen molar-refractivity contribution < 1.29 is 19.3 Å². The van der Waals surface area contributed by atoms with Crippen molar-refractivity contribution in [1.82, 2.24) is 0 Å². The van der Waals surface area contributed by atoms with Gasteiger partial charge in [-0.05, 0) is 24.1 Å². The lowest BCUT2D eigenvalue weighted by atomic mass is 10.1. The summed E-state index contributed by atoms with van der Waals surface area (Å²) in [5, 5.41) is 9.48. The molecule has 0 fully saturated rings. The van der Waals surface area contributed by atoms with Gasteiger partial charge in [-0.25, -0.2) is 0 Å². The van der Waals surface area contributed by atoms with E-state index in [0.717, 1.165) is 6.42 Å². The summed E-state index contributed by atoms with van der Waals surface area (Å²) in [5.74, 6) is 1.33. The highest BCUT2D eigenvalue weighted by Gasteiger charge is 2.08. The van der Waals surface area contributed by atoms with Crippen LogP contribution in [-0.2, 0) is 11.2 Å². The van der Waals surface area contributed by atoms with Crippen LogP contribution in [0.4, 0.5) is 0 Å². The monoisotopic (exact) mass is 240 g/mol. The average Bonchev–Trinajstić information content (AvgIpc) is 2.36. The second kappa shape index (κ2) is 7.14. The molecular formula is C13H20O4. The fourth-order valence-corrected chi connectivity index (χ4v) is 1.48. The van der Waals surface area contributed by atoms with Gasteiger partial charge >= 0.3 is 0 Å². The van der Waals surface area contributed by atoms with Crippen LogP contribution in [0, 0.1) is 0 Å². The smallest absolute Gasteiger partial charge is 0.161 e. The zero-order valence-corrected chi connectivity index (χ0v) is 10.6. The van der Waals surface area contributed by atoms with E-state index in [-0.39, 0.29) is 13.2 Å². The minimum Gasteiger partial charge on any atom is -0.493 e. The van der Waals surface area contributed by atoms with E-state index in [1.165, 1.54) is 5.56 Å². The van der Waals surface area contributed by atoms with Crippen molar-refractivity contribution in [2.75, 3.05) is 27.4 Å². The first-order chi connectivity index (χ1) is 8.21. The predicted octanol–water partition coefficient (Wildman–Crippen LogP) is 1.64. The van der Waals surface area contributed by atoms with Crippen LogP contribution in [0.15, 0.2) is 18.2 Å². The van der Waals surface area contributed by atoms with Crippen LogP contribution in [0.3, 0.4) is 0 Å². The molecule has 1 aromatic rings. The Labute approximate surface area is 102 Å². The first kappa shape index (κ1) is 13.8. The normalized spacial score (nSPS) is 12.2. The van der Waals surface area contributed by atoms with E-state index in [2.05, 4.69) is 6.92 Å². The molecule has 17 heavy (non-hydrogen) atoms. The van der Waals surface area contributed by atoms with Gasteiger partial charge in [0.05, 0.1) is 13.7 Å². The van der Waals surface area contributed by atoms with Gasteiger partial charge in [-0.1, -0.05) is 13.0 Å². The molecule has 0 amide bonds. The number of methoxy groups -OCH3 is 2. The summed E-state index contributed by atoms with van der Waals surface area (Å²) in [4.78, 5) is 0. The lowest BCUT2D eigenvalue weighted by Crippen LogP contribution is -2.22. The molecule has 0 spiro atoms. The number of benzene rings is 1. The average molecular weight is 240 g/mol. The third-order valence-electron chi connectivity index (χ3n) is 2.43. The van der Waals surface area contributed by atoms with E-state index >= 15 is 0 Å². The SMILES string of the molecule is CCc1ccc(OCC(O)COC)c(OC)c1. The van der Waals surface area contributed by atoms with Gasteiger partial charge in [0, 0.05) is 7.11 Å². The number of hydrogen-bond donors (Lipinski definition) is 1. The van der Waals surface area contributed by atoms with Crippen molar-refractivity contribution in [2.45, 2.75) is 19.4 Å². The van der Waals surface area contributed by atoms with Gasteiger partial charge < -0.3 is 19.3 Å². The molecule has 0 aliphatic carbocycles. The van der Waals surface area contributed by atoms with E-state index in [1.54, 1.807) is 14.2 Å². The summed E-state index contributed by atoms with van der Waals surface area (Å²) in [6.45, 7) is 2.53. The van der Waals surface area contributed by atoms with Gasteiger partial charge in [-0.3, -0.25) is 0 Å². The largest absolute Gasteiger partial charge is 0.493 e. The Balaban J connectivity index is 2.63. The minimum atomic E-state index is -0.629. The Bertz CT molecular complexity index is 338. The van der Waals surface area contributed by atoms with Crippen molar-refractivity contribution in [3.8, 4) is 11.5 Å². The number of rotatable bonds is 7. The van der Waals surface area contributed by atoms with Crippen LogP contribution >= 0.6 is 0 Å². The number of ether oxygens (including phenoxy) is 3. The lowest BCUT2D eigenvalue weighted by Gasteiger charge is -2.14. The zero-order chi connectivity index (χ0) is 12.7. The number of aliphatic hydroxyl groups is 1. The summed E-state index contributed by atoms with van der Waals surface area (Å²) in [5.41, 5.74) is 1.19. The number of hydrogen-bond acceptors (Lipinski definition) is 4. The molecule has 0 saturated carbocycles. The van der Waals surface area contributed by atoms with E-state index < -0.39 is 6.10 Å². The number of aryl methyl sites for hydroxylation is 1. The van der Waals surface area contributed by atoms with Gasteiger partial charge in [0.25, 0.3) is 0 Å². The van der Waals surface area contributed by atoms with Gasteiger partial charge in [-0.15, -0.1) is 0 Å². The lowest BCUT2D eigenvalue weighted by molar-refractivity contribution is 0.0319. The Kier molecular flexibility index (Phi) is 5.80. The fraction of sp³-hybridized carbons (Fsp3) is 0.538. The molecule has 0 saturated heterocycles. The van der Waals surface area contributed by atoms with Crippen molar-refractivity contribution in [2.24, 2.45) is 0 Å². The number of aliphatic hydroxyl groups excluding tert-OH is 1. The van der Waals surface area contributed by atoms with Crippen LogP contribution in [0.5, 0.6) is 11.5 Å². The summed E-state index contributed by atoms with van der Waals surface area (Å²) in [6.07, 6.45) is 0.318. The highest BCUT2D eigenvalue weighted by atomic mass is 16.5. The maximum absolute atomic E-state index is 9.48. The molecule has 0 aliphatic rings. The molecule has 1 N–H and O–H groups in total. The van der Waals surface area contributed by atoms with Gasteiger partial charge in [-0.2, -0.15) is 0 Å². The quantitative estimate of drug-likeness (QED) is 0.787. The standard InChI is InChI=1S/C13H20O4/c1-4-10-5-6-12(13(7-10)16-3)17-9-11(14)8-15-2/h5-7,11,14H,4,8-9H2,1-3H3. The molecule has 4 nitrogen and oxygen atoms in total. The molecule has 96 valence electrons. The highest BCUT2D eigenvalue weighted by molar-refractivity contribution is 5.42. The molecule has 0 aromatic heterocycles. The third kappa shape index (κ3) is 4.24. The summed E-state index contributed by atoms with van der Waals surface area (Å²) in [7, 11) is 3.15. The second-order valence-electron chi connectivity index (χ2n) is 3.76. The molecule has 1 unspecified atom stereocenters. The highest BCUT2D eigenvalue weighted by Crippen LogP contribution is 2.28. The molecule has 1 aromatic carbocycles. The summed E-state index contributed by atoms with van der Waals surface area (Å²) >= 11 is 0. The zero-order valence-electron chi connectivity index (χ0n) is 10.6. The second-order valence-corrected chi connectivity index (χ2v) is 3.76. The van der Waals surface area contributed by atoms with Gasteiger partial charge in [0.2, 0.25) is 0 Å². The van der Waals surface area contributed by atoms with Crippen LogP contribution < -0.4 is 9.47 Å². The van der Waals surface area contributed by atoms with Crippen LogP contribution in [-0.4, -0.2) is 38.6 Å². The Morgan fingerprint density at radius 1 is 1.18 bits per heavy atom. The topological polar surface area (TPSA) is 47.9 Å². The molecule has 0 aliphatic heterocycles. The van der Waals surface area contributed by atoms with E-state index in [1.807, 2.05) is 18.2 Å². The molecule has 1 atom stereocenters. The first-order valence-electron chi connectivity index (χ1n) is 5.68. The van der Waals surface area contributed by atoms with Gasteiger partial charge in [0.15, 0.2) is 11.5 Å². The maximum Gasteiger partial charge on any atom is 0.161 e. The third-order valence-corrected chi connectivity index (χ3v) is 2.43.